The number of rotatable bonds is 5. The molecule has 8 heteroatoms. The fourth-order valence-corrected chi connectivity index (χ4v) is 3.53. The van der Waals surface area contributed by atoms with Crippen LogP contribution in [-0.4, -0.2) is 30.5 Å². The molecule has 136 valence electrons. The van der Waals surface area contributed by atoms with Crippen molar-refractivity contribution in [3.63, 3.8) is 0 Å². The van der Waals surface area contributed by atoms with Gasteiger partial charge in [0.15, 0.2) is 6.61 Å². The van der Waals surface area contributed by atoms with Crippen LogP contribution in [0.5, 0.6) is 5.75 Å². The van der Waals surface area contributed by atoms with Gasteiger partial charge in [0.1, 0.15) is 22.4 Å². The van der Waals surface area contributed by atoms with Crippen molar-refractivity contribution in [3.05, 3.63) is 46.3 Å². The number of nitrogens with one attached hydrogen (secondary N) is 1. The van der Waals surface area contributed by atoms with Crippen LogP contribution in [0.4, 0.5) is 5.00 Å². The van der Waals surface area contributed by atoms with E-state index in [1.165, 1.54) is 6.07 Å². The third-order valence-corrected chi connectivity index (χ3v) is 5.11. The number of amides is 2. The van der Waals surface area contributed by atoms with Crippen LogP contribution in [0.25, 0.3) is 0 Å². The highest BCUT2D eigenvalue weighted by Crippen LogP contribution is 2.40. The van der Waals surface area contributed by atoms with E-state index in [9.17, 15) is 14.4 Å². The van der Waals surface area contributed by atoms with Crippen LogP contribution in [0.1, 0.15) is 46.0 Å². The lowest BCUT2D eigenvalue weighted by atomic mass is 9.97. The maximum Gasteiger partial charge on any atom is 0.342 e. The average Bonchev–Trinajstić information content (AvgIpc) is 3.18. The average molecular weight is 374 g/mol. The smallest absolute Gasteiger partial charge is 0.342 e. The molecule has 0 radical (unpaired) electrons. The molecule has 0 aliphatic carbocycles. The SMILES string of the molecule is C[C@H]1Oc2c(C(=O)OCC(=O)Nc3sccc3C(N)=O)cccc2[C@@H]1C. The van der Waals surface area contributed by atoms with Gasteiger partial charge in [-0.3, -0.25) is 9.59 Å². The summed E-state index contributed by atoms with van der Waals surface area (Å²) in [5.74, 6) is -1.16. The van der Waals surface area contributed by atoms with Gasteiger partial charge >= 0.3 is 5.97 Å². The first-order chi connectivity index (χ1) is 12.4. The van der Waals surface area contributed by atoms with Crippen molar-refractivity contribution in [2.75, 3.05) is 11.9 Å². The third-order valence-electron chi connectivity index (χ3n) is 4.28. The largest absolute Gasteiger partial charge is 0.489 e. The molecule has 1 aliphatic heterocycles. The number of carbonyl (C=O) groups is 3. The fraction of sp³-hybridized carbons (Fsp3) is 0.278. The number of thiophene rings is 1. The van der Waals surface area contributed by atoms with E-state index in [2.05, 4.69) is 5.32 Å². The molecule has 7 nitrogen and oxygen atoms in total. The van der Waals surface area contributed by atoms with E-state index < -0.39 is 24.4 Å². The minimum absolute atomic E-state index is 0.0340. The van der Waals surface area contributed by atoms with Crippen LogP contribution in [-0.2, 0) is 9.53 Å². The molecule has 1 aliphatic rings. The Hall–Kier alpha value is -2.87. The lowest BCUT2D eigenvalue weighted by Gasteiger charge is -2.10. The molecule has 3 N–H and O–H groups in total. The van der Waals surface area contributed by atoms with Crippen molar-refractivity contribution < 1.29 is 23.9 Å². The van der Waals surface area contributed by atoms with Gasteiger partial charge in [-0.2, -0.15) is 0 Å². The van der Waals surface area contributed by atoms with Crippen LogP contribution in [0.2, 0.25) is 0 Å². The van der Waals surface area contributed by atoms with E-state index in [1.807, 2.05) is 19.9 Å². The second-order valence-electron chi connectivity index (χ2n) is 5.99. The maximum atomic E-state index is 12.3. The first kappa shape index (κ1) is 17.9. The molecule has 2 amide bonds. The van der Waals surface area contributed by atoms with Gasteiger partial charge in [0.25, 0.3) is 11.8 Å². The Morgan fingerprint density at radius 1 is 1.23 bits per heavy atom. The Morgan fingerprint density at radius 2 is 2.00 bits per heavy atom. The van der Waals surface area contributed by atoms with Gasteiger partial charge in [0.2, 0.25) is 0 Å². The van der Waals surface area contributed by atoms with Crippen molar-refractivity contribution in [1.29, 1.82) is 0 Å². The summed E-state index contributed by atoms with van der Waals surface area (Å²) in [7, 11) is 0. The number of esters is 1. The molecule has 26 heavy (non-hydrogen) atoms. The zero-order valence-corrected chi connectivity index (χ0v) is 15.1. The number of carbonyl (C=O) groups excluding carboxylic acids is 3. The molecule has 1 aromatic carbocycles. The number of para-hydroxylation sites is 1. The lowest BCUT2D eigenvalue weighted by Crippen LogP contribution is -2.22. The number of hydrogen-bond acceptors (Lipinski definition) is 6. The molecular formula is C18H18N2O5S. The highest BCUT2D eigenvalue weighted by atomic mass is 32.1. The second-order valence-corrected chi connectivity index (χ2v) is 6.90. The van der Waals surface area contributed by atoms with Crippen molar-refractivity contribution in [2.45, 2.75) is 25.9 Å². The maximum absolute atomic E-state index is 12.3. The normalized spacial score (nSPS) is 17.9. The Morgan fingerprint density at radius 3 is 2.73 bits per heavy atom. The fourth-order valence-electron chi connectivity index (χ4n) is 2.72. The van der Waals surface area contributed by atoms with E-state index in [0.29, 0.717) is 16.3 Å². The van der Waals surface area contributed by atoms with Gasteiger partial charge in [-0.25, -0.2) is 4.79 Å². The van der Waals surface area contributed by atoms with Gasteiger partial charge in [-0.05, 0) is 24.4 Å². The number of primary amides is 1. The number of nitrogens with two attached hydrogens (primary N) is 1. The van der Waals surface area contributed by atoms with Crippen molar-refractivity contribution >= 4 is 34.1 Å². The number of hydrogen-bond donors (Lipinski definition) is 2. The zero-order valence-electron chi connectivity index (χ0n) is 14.3. The Bertz CT molecular complexity index is 876. The topological polar surface area (TPSA) is 108 Å². The number of anilines is 1. The van der Waals surface area contributed by atoms with Crippen LogP contribution in [0, 0.1) is 0 Å². The summed E-state index contributed by atoms with van der Waals surface area (Å²) in [6.45, 7) is 3.48. The molecule has 3 rings (SSSR count). The molecule has 0 fully saturated rings. The lowest BCUT2D eigenvalue weighted by molar-refractivity contribution is -0.119. The molecule has 1 aromatic heterocycles. The summed E-state index contributed by atoms with van der Waals surface area (Å²) in [5.41, 5.74) is 6.68. The van der Waals surface area contributed by atoms with Gasteiger partial charge in [-0.1, -0.05) is 19.1 Å². The van der Waals surface area contributed by atoms with E-state index >= 15 is 0 Å². The molecule has 0 saturated heterocycles. The number of fused-ring (bicyclic) bond motifs is 1. The molecule has 0 bridgehead atoms. The minimum Gasteiger partial charge on any atom is -0.489 e. The molecule has 0 saturated carbocycles. The predicted molar refractivity (Wildman–Crippen MR) is 96.7 cm³/mol. The van der Waals surface area contributed by atoms with Crippen molar-refractivity contribution in [3.8, 4) is 5.75 Å². The van der Waals surface area contributed by atoms with E-state index in [0.717, 1.165) is 16.9 Å². The van der Waals surface area contributed by atoms with Crippen LogP contribution in [0.15, 0.2) is 29.6 Å². The van der Waals surface area contributed by atoms with Crippen molar-refractivity contribution in [1.82, 2.24) is 0 Å². The molecule has 2 atom stereocenters. The van der Waals surface area contributed by atoms with Gasteiger partial charge in [0, 0.05) is 11.5 Å². The van der Waals surface area contributed by atoms with Gasteiger partial charge < -0.3 is 20.5 Å². The molecule has 0 unspecified atom stereocenters. The Balaban J connectivity index is 1.64. The Kier molecular flexibility index (Phi) is 4.94. The van der Waals surface area contributed by atoms with E-state index in [1.54, 1.807) is 17.5 Å². The molecular weight excluding hydrogens is 356 g/mol. The van der Waals surface area contributed by atoms with Gasteiger partial charge in [-0.15, -0.1) is 11.3 Å². The summed E-state index contributed by atoms with van der Waals surface area (Å²) in [4.78, 5) is 35.6. The highest BCUT2D eigenvalue weighted by Gasteiger charge is 2.31. The van der Waals surface area contributed by atoms with Gasteiger partial charge in [0.05, 0.1) is 5.56 Å². The van der Waals surface area contributed by atoms with Crippen LogP contribution >= 0.6 is 11.3 Å². The van der Waals surface area contributed by atoms with E-state index in [4.69, 9.17) is 15.2 Å². The predicted octanol–water partition coefficient (Wildman–Crippen LogP) is 2.53. The summed E-state index contributed by atoms with van der Waals surface area (Å²) >= 11 is 1.16. The summed E-state index contributed by atoms with van der Waals surface area (Å²) in [5, 5.41) is 4.47. The van der Waals surface area contributed by atoms with Crippen molar-refractivity contribution in [2.24, 2.45) is 5.73 Å². The van der Waals surface area contributed by atoms with Crippen LogP contribution < -0.4 is 15.8 Å². The molecule has 0 spiro atoms. The molecule has 2 aromatic rings. The first-order valence-electron chi connectivity index (χ1n) is 8.02. The van der Waals surface area contributed by atoms with Crippen LogP contribution in [0.3, 0.4) is 0 Å². The standard InChI is InChI=1S/C18H18N2O5S/c1-9-10(2)25-15-11(9)4-3-5-12(15)18(23)24-8-14(21)20-17-13(16(19)22)6-7-26-17/h3-7,9-10H,8H2,1-2H3,(H2,19,22)(H,20,21)/t9-,10-/m1/s1. The number of ether oxygens (including phenoxy) is 2. The zero-order chi connectivity index (χ0) is 18.8. The summed E-state index contributed by atoms with van der Waals surface area (Å²) < 4.78 is 10.8. The quantitative estimate of drug-likeness (QED) is 0.782. The minimum atomic E-state index is -0.640. The summed E-state index contributed by atoms with van der Waals surface area (Å²) in [6, 6.07) is 6.79. The first-order valence-corrected chi connectivity index (χ1v) is 8.90. The highest BCUT2D eigenvalue weighted by molar-refractivity contribution is 7.14. The second kappa shape index (κ2) is 7.17. The molecule has 2 heterocycles. The monoisotopic (exact) mass is 374 g/mol. The Labute approximate surface area is 154 Å². The summed E-state index contributed by atoms with van der Waals surface area (Å²) in [6.07, 6.45) is -0.0340. The number of benzene rings is 1. The van der Waals surface area contributed by atoms with E-state index in [-0.39, 0.29) is 17.6 Å². The third kappa shape index (κ3) is 3.41.